The van der Waals surface area contributed by atoms with Crippen LogP contribution in [0.15, 0.2) is 114 Å². The Kier molecular flexibility index (Phi) is 16.6. The highest BCUT2D eigenvalue weighted by Crippen LogP contribution is 2.62. The molecule has 7 rings (SSSR count). The molecule has 1 amide bonds. The summed E-state index contributed by atoms with van der Waals surface area (Å²) in [7, 11) is 1.48. The number of nitro groups is 1. The molecule has 16 heteroatoms. The van der Waals surface area contributed by atoms with Crippen LogP contribution in [0.4, 0.5) is 14.9 Å². The van der Waals surface area contributed by atoms with Crippen molar-refractivity contribution in [2.75, 3.05) is 33.5 Å². The van der Waals surface area contributed by atoms with E-state index in [-0.39, 0.29) is 63.5 Å². The van der Waals surface area contributed by atoms with Gasteiger partial charge in [0.2, 0.25) is 5.79 Å². The number of nitro benzene ring substituents is 1. The SMILES string of the molecule is C=CCO[C@@]12Oc3ccc(Oc4ccc(OC)c(C=O)c4)cc3[C@H]3[C@H](CCCCO)[C@@H](CCCCO)C=C(C(=NOCc4ccc([N+](=O)[O-])cc4)C[C@@H]1N(Cc1ccc(F)cc1)C(=O)OCC)[C@H]32. The number of hydrogen-bond donors (Lipinski definition) is 2. The predicted octanol–water partition coefficient (Wildman–Crippen LogP) is 9.84. The molecule has 2 N–H and O–H groups in total. The molecule has 0 radical (unpaired) electrons. The lowest BCUT2D eigenvalue weighted by molar-refractivity contribution is -0.384. The summed E-state index contributed by atoms with van der Waals surface area (Å²) in [6.07, 6.45) is 7.88. The fraction of sp³-hybridized carbons (Fsp3) is 0.404. The fourth-order valence-corrected chi connectivity index (χ4v) is 9.91. The molecule has 360 valence electrons. The van der Waals surface area contributed by atoms with E-state index in [0.29, 0.717) is 83.8 Å². The van der Waals surface area contributed by atoms with E-state index in [9.17, 15) is 34.3 Å². The number of benzene rings is 4. The molecule has 2 aliphatic carbocycles. The number of hydrogen-bond acceptors (Lipinski definition) is 13. The van der Waals surface area contributed by atoms with Crippen molar-refractivity contribution in [1.29, 1.82) is 0 Å². The smallest absolute Gasteiger partial charge is 0.410 e. The number of allylic oxidation sites excluding steroid dienone is 1. The van der Waals surface area contributed by atoms with E-state index in [0.717, 1.165) is 17.6 Å². The third-order valence-electron chi connectivity index (χ3n) is 12.9. The number of carbonyl (C=O) groups excluding carboxylic acids is 2. The third kappa shape index (κ3) is 10.9. The molecular formula is C52H58FN3O12. The number of rotatable bonds is 23. The van der Waals surface area contributed by atoms with E-state index in [2.05, 4.69) is 12.7 Å². The molecule has 1 aliphatic heterocycles. The maximum Gasteiger partial charge on any atom is 0.410 e. The van der Waals surface area contributed by atoms with Crippen LogP contribution >= 0.6 is 0 Å². The number of oxime groups is 1. The highest BCUT2D eigenvalue weighted by molar-refractivity contribution is 6.03. The Balaban J connectivity index is 1.44. The number of fused-ring (bicyclic) bond motifs is 2. The standard InChI is InChI=1S/C52H58FN3O12/c1-4-26-65-52-48(55(51(60)64-5-2)31-34-12-16-38(53)17-13-34)30-45(54-66-33-35-14-18-39(19-15-35)56(61)62)43-28-36(10-6-8-24-57)42(11-7-9-25-58)49(50(43)52)44-29-41(21-23-47(44)68-52)67-40-20-22-46(63-3)37(27-40)32-59/h4,12-23,27-29,32,36,42,48-50,57-58H,1,5-11,24-26,30-31,33H2,2-3H3/t36-,42+,48-,49+,50+,52+/m0/s1. The number of non-ortho nitro benzene ring substituents is 1. The van der Waals surface area contributed by atoms with Gasteiger partial charge in [0.1, 0.15) is 41.5 Å². The first-order valence-electron chi connectivity index (χ1n) is 23.0. The second-order valence-electron chi connectivity index (χ2n) is 17.0. The number of halogens is 1. The third-order valence-corrected chi connectivity index (χ3v) is 12.9. The molecule has 1 heterocycles. The molecule has 0 bridgehead atoms. The van der Waals surface area contributed by atoms with Crippen LogP contribution in [0.5, 0.6) is 23.0 Å². The Labute approximate surface area is 394 Å². The lowest BCUT2D eigenvalue weighted by Gasteiger charge is -2.59. The zero-order chi connectivity index (χ0) is 48.2. The summed E-state index contributed by atoms with van der Waals surface area (Å²) in [5.74, 6) is -1.55. The summed E-state index contributed by atoms with van der Waals surface area (Å²) < 4.78 is 46.2. The van der Waals surface area contributed by atoms with Gasteiger partial charge >= 0.3 is 6.09 Å². The summed E-state index contributed by atoms with van der Waals surface area (Å²) in [6, 6.07) is 21.4. The van der Waals surface area contributed by atoms with Crippen LogP contribution in [-0.2, 0) is 27.5 Å². The van der Waals surface area contributed by atoms with Gasteiger partial charge in [0.25, 0.3) is 5.69 Å². The van der Waals surface area contributed by atoms with Crippen LogP contribution in [0.3, 0.4) is 0 Å². The molecule has 1 saturated carbocycles. The molecule has 0 unspecified atom stereocenters. The summed E-state index contributed by atoms with van der Waals surface area (Å²) >= 11 is 0. The van der Waals surface area contributed by atoms with Gasteiger partial charge in [-0.05, 0) is 122 Å². The minimum absolute atomic E-state index is 0.00859. The first kappa shape index (κ1) is 49.3. The molecule has 68 heavy (non-hydrogen) atoms. The van der Waals surface area contributed by atoms with Crippen molar-refractivity contribution >= 4 is 23.8 Å². The van der Waals surface area contributed by atoms with Crippen molar-refractivity contribution in [3.05, 3.63) is 147 Å². The van der Waals surface area contributed by atoms with Crippen LogP contribution in [0.25, 0.3) is 0 Å². The predicted molar refractivity (Wildman–Crippen MR) is 250 cm³/mol. The average molecular weight is 936 g/mol. The Bertz CT molecular complexity index is 2460. The second-order valence-corrected chi connectivity index (χ2v) is 17.0. The topological polar surface area (TPSA) is 189 Å². The maximum atomic E-state index is 14.5. The lowest BCUT2D eigenvalue weighted by atomic mass is 9.55. The van der Waals surface area contributed by atoms with Crippen LogP contribution < -0.4 is 14.2 Å². The minimum atomic E-state index is -1.62. The van der Waals surface area contributed by atoms with Gasteiger partial charge < -0.3 is 38.7 Å². The molecule has 4 aromatic rings. The molecule has 1 fully saturated rings. The van der Waals surface area contributed by atoms with E-state index in [1.165, 1.54) is 31.4 Å². The Hall–Kier alpha value is -6.62. The normalized spacial score (nSPS) is 21.9. The van der Waals surface area contributed by atoms with E-state index in [4.69, 9.17) is 33.7 Å². The molecule has 15 nitrogen and oxygen atoms in total. The maximum absolute atomic E-state index is 14.5. The number of carbonyl (C=O) groups is 2. The number of unbranched alkanes of at least 4 members (excludes halogenated alkanes) is 2. The summed E-state index contributed by atoms with van der Waals surface area (Å²) in [5.41, 5.74) is 3.60. The van der Waals surface area contributed by atoms with E-state index in [1.807, 2.05) is 12.1 Å². The largest absolute Gasteiger partial charge is 0.496 e. The van der Waals surface area contributed by atoms with E-state index >= 15 is 0 Å². The van der Waals surface area contributed by atoms with Gasteiger partial charge in [-0.1, -0.05) is 42.3 Å². The lowest BCUT2D eigenvalue weighted by Crippen LogP contribution is -2.70. The Morgan fingerprint density at radius 1 is 0.985 bits per heavy atom. The van der Waals surface area contributed by atoms with Crippen LogP contribution in [0, 0.1) is 33.7 Å². The Morgan fingerprint density at radius 2 is 1.69 bits per heavy atom. The number of nitrogens with zero attached hydrogens (tertiary/aromatic N) is 3. The van der Waals surface area contributed by atoms with Crippen molar-refractivity contribution in [3.8, 4) is 23.0 Å². The van der Waals surface area contributed by atoms with Gasteiger partial charge in [0.05, 0.1) is 42.4 Å². The number of aliphatic hydroxyl groups excluding tert-OH is 2. The van der Waals surface area contributed by atoms with Crippen molar-refractivity contribution in [1.82, 2.24) is 4.90 Å². The van der Waals surface area contributed by atoms with Crippen molar-refractivity contribution in [2.45, 2.75) is 82.8 Å². The number of aliphatic hydroxyl groups is 2. The molecular weight excluding hydrogens is 878 g/mol. The highest BCUT2D eigenvalue weighted by atomic mass is 19.1. The monoisotopic (exact) mass is 935 g/mol. The quantitative estimate of drug-likeness (QED) is 0.0236. The van der Waals surface area contributed by atoms with Crippen molar-refractivity contribution in [2.24, 2.45) is 22.9 Å². The van der Waals surface area contributed by atoms with Gasteiger partial charge in [-0.15, -0.1) is 6.58 Å². The molecule has 0 saturated heterocycles. The number of aldehydes is 1. The summed E-state index contributed by atoms with van der Waals surface area (Å²) in [5, 5.41) is 36.2. The van der Waals surface area contributed by atoms with Crippen LogP contribution in [-0.4, -0.2) is 83.5 Å². The number of methoxy groups -OCH3 is 1. The summed E-state index contributed by atoms with van der Waals surface area (Å²) in [6.45, 7) is 5.77. The molecule has 6 atom stereocenters. The average Bonchev–Trinajstić information content (AvgIpc) is 3.34. The fourth-order valence-electron chi connectivity index (χ4n) is 9.91. The van der Waals surface area contributed by atoms with Gasteiger partial charge in [0.15, 0.2) is 6.29 Å². The molecule has 4 aromatic carbocycles. The first-order valence-corrected chi connectivity index (χ1v) is 23.0. The van der Waals surface area contributed by atoms with Crippen molar-refractivity contribution in [3.63, 3.8) is 0 Å². The van der Waals surface area contributed by atoms with Gasteiger partial charge in [-0.2, -0.15) is 0 Å². The zero-order valence-electron chi connectivity index (χ0n) is 38.3. The minimum Gasteiger partial charge on any atom is -0.496 e. The van der Waals surface area contributed by atoms with E-state index in [1.54, 1.807) is 66.4 Å². The molecule has 0 spiro atoms. The molecule has 0 aromatic heterocycles. The first-order chi connectivity index (χ1) is 33.1. The highest BCUT2D eigenvalue weighted by Gasteiger charge is 2.65. The molecule has 3 aliphatic rings. The summed E-state index contributed by atoms with van der Waals surface area (Å²) in [4.78, 5) is 45.1. The zero-order valence-corrected chi connectivity index (χ0v) is 38.3. The number of amides is 1. The van der Waals surface area contributed by atoms with Gasteiger partial charge in [-0.25, -0.2) is 9.18 Å². The van der Waals surface area contributed by atoms with Gasteiger partial charge in [0, 0.05) is 49.8 Å². The van der Waals surface area contributed by atoms with E-state index < -0.39 is 40.5 Å². The second kappa shape index (κ2) is 22.9. The van der Waals surface area contributed by atoms with Crippen LogP contribution in [0.2, 0.25) is 0 Å². The van der Waals surface area contributed by atoms with Gasteiger partial charge in [-0.3, -0.25) is 19.8 Å². The Morgan fingerprint density at radius 3 is 2.37 bits per heavy atom. The van der Waals surface area contributed by atoms with Crippen LogP contribution in [0.1, 0.15) is 84.8 Å². The number of ether oxygens (including phenoxy) is 5. The van der Waals surface area contributed by atoms with Crippen molar-refractivity contribution < 1.29 is 57.6 Å².